The zero-order valence-electron chi connectivity index (χ0n) is 13.0. The molecule has 0 aliphatic carbocycles. The molecule has 1 heterocycles. The SMILES string of the molecule is CCCNc1cnc(CN(C)C(C)CC(C)C)cn1. The molecular weight excluding hydrogens is 236 g/mol. The van der Waals surface area contributed by atoms with Gasteiger partial charge in [-0.2, -0.15) is 0 Å². The van der Waals surface area contributed by atoms with Gasteiger partial charge in [0, 0.05) is 19.1 Å². The molecular formula is C15H28N4. The van der Waals surface area contributed by atoms with E-state index < -0.39 is 0 Å². The van der Waals surface area contributed by atoms with Crippen LogP contribution in [0.15, 0.2) is 12.4 Å². The van der Waals surface area contributed by atoms with Crippen molar-refractivity contribution in [2.24, 2.45) is 5.92 Å². The number of nitrogens with zero attached hydrogens (tertiary/aromatic N) is 3. The molecule has 0 saturated heterocycles. The first-order valence-corrected chi connectivity index (χ1v) is 7.28. The highest BCUT2D eigenvalue weighted by Gasteiger charge is 2.12. The van der Waals surface area contributed by atoms with Gasteiger partial charge in [0.25, 0.3) is 0 Å². The third kappa shape index (κ3) is 6.01. The summed E-state index contributed by atoms with van der Waals surface area (Å²) >= 11 is 0. The lowest BCUT2D eigenvalue weighted by molar-refractivity contribution is 0.218. The van der Waals surface area contributed by atoms with E-state index in [2.05, 4.69) is 54.9 Å². The molecule has 1 rings (SSSR count). The van der Waals surface area contributed by atoms with E-state index in [1.807, 2.05) is 12.4 Å². The molecule has 0 radical (unpaired) electrons. The zero-order chi connectivity index (χ0) is 14.3. The van der Waals surface area contributed by atoms with Crippen LogP contribution in [0.25, 0.3) is 0 Å². The maximum atomic E-state index is 4.47. The Labute approximate surface area is 117 Å². The molecule has 1 N–H and O–H groups in total. The van der Waals surface area contributed by atoms with Crippen molar-refractivity contribution in [2.45, 2.75) is 53.1 Å². The van der Waals surface area contributed by atoms with Gasteiger partial charge in [-0.3, -0.25) is 9.88 Å². The maximum Gasteiger partial charge on any atom is 0.144 e. The third-order valence-electron chi connectivity index (χ3n) is 3.24. The van der Waals surface area contributed by atoms with Gasteiger partial charge in [0.1, 0.15) is 5.82 Å². The van der Waals surface area contributed by atoms with Crippen LogP contribution in [0.5, 0.6) is 0 Å². The van der Waals surface area contributed by atoms with Gasteiger partial charge in [0.2, 0.25) is 0 Å². The molecule has 0 amide bonds. The highest BCUT2D eigenvalue weighted by atomic mass is 15.1. The molecule has 4 nitrogen and oxygen atoms in total. The minimum absolute atomic E-state index is 0.569. The fourth-order valence-electron chi connectivity index (χ4n) is 2.05. The molecule has 1 aromatic heterocycles. The van der Waals surface area contributed by atoms with Crippen LogP contribution in [0.2, 0.25) is 0 Å². The van der Waals surface area contributed by atoms with E-state index >= 15 is 0 Å². The summed E-state index contributed by atoms with van der Waals surface area (Å²) in [4.78, 5) is 11.2. The van der Waals surface area contributed by atoms with Crippen LogP contribution >= 0.6 is 0 Å². The lowest BCUT2D eigenvalue weighted by atomic mass is 10.0. The summed E-state index contributed by atoms with van der Waals surface area (Å²) in [7, 11) is 2.15. The van der Waals surface area contributed by atoms with Crippen LogP contribution < -0.4 is 5.32 Å². The molecule has 19 heavy (non-hydrogen) atoms. The minimum Gasteiger partial charge on any atom is -0.369 e. The van der Waals surface area contributed by atoms with Crippen molar-refractivity contribution in [1.29, 1.82) is 0 Å². The number of hydrogen-bond acceptors (Lipinski definition) is 4. The van der Waals surface area contributed by atoms with E-state index in [-0.39, 0.29) is 0 Å². The number of rotatable bonds is 8. The smallest absolute Gasteiger partial charge is 0.144 e. The van der Waals surface area contributed by atoms with Crippen LogP contribution in [0, 0.1) is 5.92 Å². The lowest BCUT2D eigenvalue weighted by Gasteiger charge is -2.25. The van der Waals surface area contributed by atoms with Crippen molar-refractivity contribution < 1.29 is 0 Å². The summed E-state index contributed by atoms with van der Waals surface area (Å²) in [5, 5.41) is 3.24. The zero-order valence-corrected chi connectivity index (χ0v) is 13.0. The van der Waals surface area contributed by atoms with Gasteiger partial charge < -0.3 is 5.32 Å². The van der Waals surface area contributed by atoms with Crippen molar-refractivity contribution in [1.82, 2.24) is 14.9 Å². The Morgan fingerprint density at radius 2 is 1.95 bits per heavy atom. The van der Waals surface area contributed by atoms with Gasteiger partial charge in [-0.05, 0) is 32.7 Å². The Hall–Kier alpha value is -1.16. The molecule has 0 fully saturated rings. The molecule has 0 aliphatic heterocycles. The minimum atomic E-state index is 0.569. The highest BCUT2D eigenvalue weighted by Crippen LogP contribution is 2.12. The number of nitrogens with one attached hydrogen (secondary N) is 1. The third-order valence-corrected chi connectivity index (χ3v) is 3.24. The first-order chi connectivity index (χ1) is 9.02. The van der Waals surface area contributed by atoms with E-state index in [1.165, 1.54) is 6.42 Å². The van der Waals surface area contributed by atoms with Crippen molar-refractivity contribution in [3.63, 3.8) is 0 Å². The summed E-state index contributed by atoms with van der Waals surface area (Å²) in [5.74, 6) is 1.59. The molecule has 0 spiro atoms. The molecule has 1 unspecified atom stereocenters. The average molecular weight is 264 g/mol. The van der Waals surface area contributed by atoms with Gasteiger partial charge in [0.15, 0.2) is 0 Å². The van der Waals surface area contributed by atoms with E-state index in [9.17, 15) is 0 Å². The van der Waals surface area contributed by atoms with Crippen molar-refractivity contribution >= 4 is 5.82 Å². The first-order valence-electron chi connectivity index (χ1n) is 7.28. The normalized spacial score (nSPS) is 13.0. The average Bonchev–Trinajstić information content (AvgIpc) is 2.37. The lowest BCUT2D eigenvalue weighted by Crippen LogP contribution is -2.30. The summed E-state index contributed by atoms with van der Waals surface area (Å²) in [6, 6.07) is 0.569. The fourth-order valence-corrected chi connectivity index (χ4v) is 2.05. The fraction of sp³-hybridized carbons (Fsp3) is 0.733. The number of hydrogen-bond donors (Lipinski definition) is 1. The van der Waals surface area contributed by atoms with E-state index in [4.69, 9.17) is 0 Å². The first kappa shape index (κ1) is 15.9. The van der Waals surface area contributed by atoms with Crippen molar-refractivity contribution in [2.75, 3.05) is 18.9 Å². The second kappa shape index (κ2) is 8.10. The van der Waals surface area contributed by atoms with E-state index in [1.54, 1.807) is 0 Å². The molecule has 0 saturated carbocycles. The molecule has 1 atom stereocenters. The maximum absolute atomic E-state index is 4.47. The van der Waals surface area contributed by atoms with Crippen LogP contribution in [0.4, 0.5) is 5.82 Å². The van der Waals surface area contributed by atoms with Gasteiger partial charge in [-0.15, -0.1) is 0 Å². The highest BCUT2D eigenvalue weighted by molar-refractivity contribution is 5.30. The molecule has 1 aromatic rings. The summed E-state index contributed by atoms with van der Waals surface area (Å²) in [5.41, 5.74) is 1.03. The molecule has 0 aliphatic rings. The standard InChI is InChI=1S/C15H28N4/c1-6-7-16-15-10-17-14(9-18-15)11-19(5)13(4)8-12(2)3/h9-10,12-13H,6-8,11H2,1-5H3,(H,16,18). The monoisotopic (exact) mass is 264 g/mol. The molecule has 0 bridgehead atoms. The topological polar surface area (TPSA) is 41.1 Å². The van der Waals surface area contributed by atoms with Crippen LogP contribution in [-0.2, 0) is 6.54 Å². The van der Waals surface area contributed by atoms with Gasteiger partial charge in [-0.25, -0.2) is 4.98 Å². The van der Waals surface area contributed by atoms with E-state index in [0.29, 0.717) is 6.04 Å². The number of anilines is 1. The van der Waals surface area contributed by atoms with Gasteiger partial charge >= 0.3 is 0 Å². The predicted octanol–water partition coefficient (Wildman–Crippen LogP) is 3.16. The predicted molar refractivity (Wildman–Crippen MR) is 81.2 cm³/mol. The summed E-state index contributed by atoms with van der Waals surface area (Å²) < 4.78 is 0. The molecule has 0 aromatic carbocycles. The summed E-state index contributed by atoms with van der Waals surface area (Å²) in [6.07, 6.45) is 6.00. The second-order valence-electron chi connectivity index (χ2n) is 5.71. The van der Waals surface area contributed by atoms with Gasteiger partial charge in [-0.1, -0.05) is 20.8 Å². The van der Waals surface area contributed by atoms with Crippen molar-refractivity contribution in [3.8, 4) is 0 Å². The summed E-state index contributed by atoms with van der Waals surface area (Å²) in [6.45, 7) is 10.7. The number of aromatic nitrogens is 2. The molecule has 108 valence electrons. The van der Waals surface area contributed by atoms with E-state index in [0.717, 1.165) is 36.9 Å². The van der Waals surface area contributed by atoms with Crippen LogP contribution in [0.3, 0.4) is 0 Å². The molecule has 4 heteroatoms. The second-order valence-corrected chi connectivity index (χ2v) is 5.71. The van der Waals surface area contributed by atoms with Crippen molar-refractivity contribution in [3.05, 3.63) is 18.1 Å². The van der Waals surface area contributed by atoms with Crippen LogP contribution in [0.1, 0.15) is 46.2 Å². The quantitative estimate of drug-likeness (QED) is 0.783. The Kier molecular flexibility index (Phi) is 6.78. The Bertz CT molecular complexity index is 348. The Balaban J connectivity index is 2.48. The van der Waals surface area contributed by atoms with Crippen LogP contribution in [-0.4, -0.2) is 34.5 Å². The Morgan fingerprint density at radius 1 is 1.21 bits per heavy atom. The van der Waals surface area contributed by atoms with Gasteiger partial charge in [0.05, 0.1) is 18.1 Å². The Morgan fingerprint density at radius 3 is 2.47 bits per heavy atom. The largest absolute Gasteiger partial charge is 0.369 e.